The van der Waals surface area contributed by atoms with Crippen LogP contribution in [-0.2, 0) is 4.74 Å². The van der Waals surface area contributed by atoms with E-state index in [1.165, 1.54) is 0 Å². The van der Waals surface area contributed by atoms with E-state index in [-0.39, 0.29) is 11.4 Å². The first-order chi connectivity index (χ1) is 17.9. The number of H-pyrrole nitrogens is 1. The third-order valence-corrected chi connectivity index (χ3v) is 7.41. The van der Waals surface area contributed by atoms with Crippen molar-refractivity contribution in [2.75, 3.05) is 31.5 Å². The fourth-order valence-electron chi connectivity index (χ4n) is 4.95. The van der Waals surface area contributed by atoms with Gasteiger partial charge in [0, 0.05) is 61.8 Å². The summed E-state index contributed by atoms with van der Waals surface area (Å²) in [6, 6.07) is 3.46. The van der Waals surface area contributed by atoms with Crippen molar-refractivity contribution in [2.24, 2.45) is 0 Å². The Morgan fingerprint density at radius 1 is 1.24 bits per heavy atom. The maximum absolute atomic E-state index is 15.2. The van der Waals surface area contributed by atoms with Gasteiger partial charge in [0.1, 0.15) is 23.6 Å². The second kappa shape index (κ2) is 9.29. The van der Waals surface area contributed by atoms with Crippen molar-refractivity contribution >= 4 is 29.4 Å². The number of nitrogens with one attached hydrogen (secondary N) is 4. The van der Waals surface area contributed by atoms with Crippen LogP contribution in [0.25, 0.3) is 5.65 Å². The lowest BCUT2D eigenvalue weighted by Gasteiger charge is -2.26. The Morgan fingerprint density at radius 2 is 2.05 bits per heavy atom. The first-order valence-corrected chi connectivity index (χ1v) is 12.7. The van der Waals surface area contributed by atoms with Gasteiger partial charge in [-0.2, -0.15) is 5.10 Å². The lowest BCUT2D eigenvalue weighted by atomic mass is 10.0. The molecule has 3 aromatic rings. The molecule has 3 atom stereocenters. The number of carbonyl (C=O) groups excluding carboxylic acids is 2. The highest BCUT2D eigenvalue weighted by molar-refractivity contribution is 5.93. The average Bonchev–Trinajstić information content (AvgIpc) is 3.25. The van der Waals surface area contributed by atoms with E-state index in [0.717, 1.165) is 25.9 Å². The van der Waals surface area contributed by atoms with E-state index in [4.69, 9.17) is 4.74 Å². The Hall–Kier alpha value is -3.74. The molecule has 4 N–H and O–H groups in total. The molecule has 3 aromatic heterocycles. The molecule has 1 saturated heterocycles. The van der Waals surface area contributed by atoms with Crippen LogP contribution in [0.5, 0.6) is 0 Å². The maximum atomic E-state index is 15.2. The Labute approximate surface area is 212 Å². The number of alkyl carbamates (subject to hydrolysis) is 1. The zero-order chi connectivity index (χ0) is 25.6. The molecule has 2 aliphatic carbocycles. The van der Waals surface area contributed by atoms with Gasteiger partial charge in [0.2, 0.25) is 5.95 Å². The van der Waals surface area contributed by atoms with Gasteiger partial charge in [-0.25, -0.2) is 19.2 Å². The minimum Gasteiger partial charge on any atom is -0.443 e. The molecule has 1 aliphatic heterocycles. The Morgan fingerprint density at radius 3 is 2.84 bits per heavy atom. The topological polar surface area (TPSA) is 142 Å². The van der Waals surface area contributed by atoms with Crippen molar-refractivity contribution in [3.8, 4) is 0 Å². The van der Waals surface area contributed by atoms with Crippen molar-refractivity contribution in [1.82, 2.24) is 40.1 Å². The highest BCUT2D eigenvalue weighted by Crippen LogP contribution is 2.39. The molecule has 4 heterocycles. The van der Waals surface area contributed by atoms with Crippen LogP contribution in [0.1, 0.15) is 54.7 Å². The Balaban J connectivity index is 1.13. The smallest absolute Gasteiger partial charge is 0.407 e. The van der Waals surface area contributed by atoms with Gasteiger partial charge >= 0.3 is 6.09 Å². The van der Waals surface area contributed by atoms with Crippen LogP contribution in [0.2, 0.25) is 0 Å². The number of imidazole rings is 1. The van der Waals surface area contributed by atoms with Gasteiger partial charge in [-0.15, -0.1) is 0 Å². The largest absolute Gasteiger partial charge is 0.443 e. The van der Waals surface area contributed by atoms with Gasteiger partial charge in [0.15, 0.2) is 5.82 Å². The van der Waals surface area contributed by atoms with Gasteiger partial charge in [0.25, 0.3) is 5.91 Å². The second-order valence-electron chi connectivity index (χ2n) is 10.3. The van der Waals surface area contributed by atoms with E-state index in [2.05, 4.69) is 36.1 Å². The molecule has 2 amide bonds. The molecule has 2 saturated carbocycles. The number of aromatic amines is 1. The molecular weight excluding hydrogens is 481 g/mol. The number of hydrogen-bond donors (Lipinski definition) is 4. The fourth-order valence-corrected chi connectivity index (χ4v) is 4.95. The molecule has 6 rings (SSSR count). The van der Waals surface area contributed by atoms with Crippen LogP contribution in [-0.4, -0.2) is 85.5 Å². The number of nitrogens with zero attached hydrogens (tertiary/aromatic N) is 5. The van der Waals surface area contributed by atoms with E-state index >= 15 is 4.39 Å². The Bertz CT molecular complexity index is 1310. The molecule has 0 aromatic carbocycles. The molecule has 0 unspecified atom stereocenters. The average molecular weight is 512 g/mol. The van der Waals surface area contributed by atoms with Crippen molar-refractivity contribution < 1.29 is 18.7 Å². The van der Waals surface area contributed by atoms with Crippen LogP contribution < -0.4 is 16.0 Å². The highest BCUT2D eigenvalue weighted by atomic mass is 19.1. The third kappa shape index (κ3) is 4.82. The van der Waals surface area contributed by atoms with Crippen molar-refractivity contribution in [1.29, 1.82) is 0 Å². The number of alkyl halides is 1. The van der Waals surface area contributed by atoms with Gasteiger partial charge < -0.3 is 25.6 Å². The zero-order valence-electron chi connectivity index (χ0n) is 20.5. The second-order valence-corrected chi connectivity index (χ2v) is 10.3. The van der Waals surface area contributed by atoms with Gasteiger partial charge in [-0.1, -0.05) is 0 Å². The first-order valence-electron chi connectivity index (χ1n) is 12.7. The Kier molecular flexibility index (Phi) is 5.94. The predicted octanol–water partition coefficient (Wildman–Crippen LogP) is 2.10. The standard InChI is InChI=1S/C24H30FN9O3/c1-24(5-6-24)30-23(36)37-17-3-2-14(20(17)25)15-12-18(32-31-15)29-22-27-7-4-19-28-16(13-34(19)22)21(35)33-10-8-26-9-11-33/h4,7,12-14,17,20,26H,2-3,5-6,8-11H2,1H3,(H,30,36)(H2,27,29,31,32)/t14-,17-,20-/m1/s1. The monoisotopic (exact) mass is 511 g/mol. The van der Waals surface area contributed by atoms with E-state index in [1.54, 1.807) is 33.8 Å². The summed E-state index contributed by atoms with van der Waals surface area (Å²) in [5, 5.41) is 16.4. The van der Waals surface area contributed by atoms with Crippen LogP contribution >= 0.6 is 0 Å². The number of fused-ring (bicyclic) bond motifs is 1. The molecule has 196 valence electrons. The zero-order valence-corrected chi connectivity index (χ0v) is 20.5. The summed E-state index contributed by atoms with van der Waals surface area (Å²) in [5.74, 6) is 0.300. The van der Waals surface area contributed by atoms with Gasteiger partial charge in [-0.3, -0.25) is 14.3 Å². The summed E-state index contributed by atoms with van der Waals surface area (Å²) < 4.78 is 22.3. The van der Waals surface area contributed by atoms with Gasteiger partial charge in [-0.05, 0) is 38.7 Å². The minimum atomic E-state index is -1.33. The molecule has 37 heavy (non-hydrogen) atoms. The lowest BCUT2D eigenvalue weighted by molar-refractivity contribution is 0.0546. The van der Waals surface area contributed by atoms with Crippen molar-refractivity contribution in [2.45, 2.75) is 56.3 Å². The summed E-state index contributed by atoms with van der Waals surface area (Å²) in [7, 11) is 0. The molecular formula is C24H30FN9O3. The predicted molar refractivity (Wildman–Crippen MR) is 132 cm³/mol. The van der Waals surface area contributed by atoms with E-state index < -0.39 is 24.3 Å². The number of hydrogen-bond acceptors (Lipinski definition) is 8. The third-order valence-electron chi connectivity index (χ3n) is 7.41. The quantitative estimate of drug-likeness (QED) is 0.394. The minimum absolute atomic E-state index is 0.120. The summed E-state index contributed by atoms with van der Waals surface area (Å²) in [4.78, 5) is 35.6. The number of ether oxygens (including phenoxy) is 1. The van der Waals surface area contributed by atoms with E-state index in [0.29, 0.717) is 54.7 Å². The lowest BCUT2D eigenvalue weighted by Crippen LogP contribution is -2.46. The van der Waals surface area contributed by atoms with Crippen LogP contribution in [0.4, 0.5) is 21.0 Å². The normalized spacial score (nSPS) is 24.7. The van der Waals surface area contributed by atoms with E-state index in [1.807, 2.05) is 6.92 Å². The number of halogens is 1. The number of piperazine rings is 1. The van der Waals surface area contributed by atoms with Crippen molar-refractivity contribution in [3.05, 3.63) is 35.9 Å². The molecule has 12 nitrogen and oxygen atoms in total. The number of carbonyl (C=O) groups is 2. The molecule has 3 fully saturated rings. The summed E-state index contributed by atoms with van der Waals surface area (Å²) >= 11 is 0. The molecule has 3 aliphatic rings. The highest BCUT2D eigenvalue weighted by Gasteiger charge is 2.43. The summed E-state index contributed by atoms with van der Waals surface area (Å²) in [6.45, 7) is 4.74. The summed E-state index contributed by atoms with van der Waals surface area (Å²) in [5.41, 5.74) is 1.32. The van der Waals surface area contributed by atoms with Crippen LogP contribution in [0.15, 0.2) is 24.5 Å². The number of amides is 2. The number of aromatic nitrogens is 5. The number of anilines is 2. The maximum Gasteiger partial charge on any atom is 0.407 e. The molecule has 13 heteroatoms. The van der Waals surface area contributed by atoms with Gasteiger partial charge in [0.05, 0.1) is 0 Å². The fraction of sp³-hybridized carbons (Fsp3) is 0.542. The number of rotatable bonds is 6. The molecule has 0 radical (unpaired) electrons. The molecule has 0 spiro atoms. The first kappa shape index (κ1) is 23.6. The van der Waals surface area contributed by atoms with Crippen LogP contribution in [0.3, 0.4) is 0 Å². The SMILES string of the molecule is CC1(NC(=O)O[C@@H]2CC[C@H](c3cc(Nc4nccc5nc(C(=O)N6CCNCC6)cn45)n[nH]3)[C@H]2F)CC1. The summed E-state index contributed by atoms with van der Waals surface area (Å²) in [6.07, 6.45) is 3.37. The van der Waals surface area contributed by atoms with E-state index in [9.17, 15) is 9.59 Å². The van der Waals surface area contributed by atoms with Crippen LogP contribution in [0, 0.1) is 0 Å². The molecule has 0 bridgehead atoms. The van der Waals surface area contributed by atoms with Crippen molar-refractivity contribution in [3.63, 3.8) is 0 Å².